The normalized spacial score (nSPS) is 21.4. The van der Waals surface area contributed by atoms with Crippen molar-refractivity contribution in [3.05, 3.63) is 23.8 Å². The first kappa shape index (κ1) is 15.6. The zero-order valence-corrected chi connectivity index (χ0v) is 13.4. The summed E-state index contributed by atoms with van der Waals surface area (Å²) in [7, 11) is 1.65. The predicted octanol–water partition coefficient (Wildman–Crippen LogP) is 2.17. The van der Waals surface area contributed by atoms with Crippen LogP contribution in [-0.2, 0) is 4.79 Å². The molecule has 1 aromatic rings. The van der Waals surface area contributed by atoms with Crippen molar-refractivity contribution in [3.63, 3.8) is 0 Å². The first-order valence-corrected chi connectivity index (χ1v) is 7.29. The van der Waals surface area contributed by atoms with Crippen LogP contribution in [0.5, 0.6) is 5.75 Å². The first-order valence-electron chi connectivity index (χ1n) is 7.29. The number of hydrazine groups is 1. The van der Waals surface area contributed by atoms with Crippen LogP contribution in [0.3, 0.4) is 0 Å². The van der Waals surface area contributed by atoms with Crippen molar-refractivity contribution in [1.82, 2.24) is 5.43 Å². The minimum absolute atomic E-state index is 0.134. The Morgan fingerprint density at radius 3 is 2.76 bits per heavy atom. The summed E-state index contributed by atoms with van der Waals surface area (Å²) in [5.41, 5.74) is 4.42. The third-order valence-corrected chi connectivity index (χ3v) is 4.39. The number of ether oxygens (including phenoxy) is 1. The van der Waals surface area contributed by atoms with Gasteiger partial charge in [0.25, 0.3) is 5.91 Å². The second-order valence-corrected chi connectivity index (χ2v) is 6.40. The number of benzene rings is 1. The summed E-state index contributed by atoms with van der Waals surface area (Å²) >= 11 is 0. The van der Waals surface area contributed by atoms with Gasteiger partial charge in [0.15, 0.2) is 0 Å². The van der Waals surface area contributed by atoms with E-state index in [4.69, 9.17) is 10.6 Å². The van der Waals surface area contributed by atoms with Crippen molar-refractivity contribution in [3.8, 4) is 5.75 Å². The largest absolute Gasteiger partial charge is 0.497 e. The molecule has 0 saturated carbocycles. The van der Waals surface area contributed by atoms with Gasteiger partial charge in [0.1, 0.15) is 11.8 Å². The number of carbonyl (C=O) groups excluding carboxylic acids is 1. The van der Waals surface area contributed by atoms with Crippen LogP contribution >= 0.6 is 0 Å². The SMILES string of the molecule is COc1ccc2c(c1)N([C@@H](C)C(=O)NN)C(C)(C)C[C@@H]2C. The van der Waals surface area contributed by atoms with E-state index in [0.717, 1.165) is 17.9 Å². The van der Waals surface area contributed by atoms with Crippen LogP contribution in [-0.4, -0.2) is 24.6 Å². The Balaban J connectivity index is 2.56. The second-order valence-electron chi connectivity index (χ2n) is 6.40. The topological polar surface area (TPSA) is 67.6 Å². The minimum atomic E-state index is -0.344. The van der Waals surface area contributed by atoms with Crippen molar-refractivity contribution in [1.29, 1.82) is 0 Å². The lowest BCUT2D eigenvalue weighted by atomic mass is 9.79. The molecule has 0 aromatic heterocycles. The fraction of sp³-hybridized carbons (Fsp3) is 0.562. The zero-order valence-electron chi connectivity index (χ0n) is 13.4. The van der Waals surface area contributed by atoms with E-state index in [1.54, 1.807) is 7.11 Å². The van der Waals surface area contributed by atoms with E-state index in [2.05, 4.69) is 37.2 Å². The van der Waals surface area contributed by atoms with Gasteiger partial charge in [-0.2, -0.15) is 0 Å². The molecular formula is C16H25N3O2. The van der Waals surface area contributed by atoms with Crippen LogP contribution in [0.1, 0.15) is 45.6 Å². The molecule has 2 atom stereocenters. The van der Waals surface area contributed by atoms with E-state index in [-0.39, 0.29) is 17.5 Å². The molecule has 2 rings (SSSR count). The Bertz CT molecular complexity index is 542. The van der Waals surface area contributed by atoms with E-state index in [0.29, 0.717) is 5.92 Å². The Kier molecular flexibility index (Phi) is 4.14. The monoisotopic (exact) mass is 291 g/mol. The van der Waals surface area contributed by atoms with Crippen molar-refractivity contribution < 1.29 is 9.53 Å². The summed E-state index contributed by atoms with van der Waals surface area (Å²) in [5, 5.41) is 0. The van der Waals surface area contributed by atoms with Crippen LogP contribution in [0, 0.1) is 0 Å². The number of rotatable bonds is 3. The van der Waals surface area contributed by atoms with E-state index in [9.17, 15) is 4.79 Å². The maximum absolute atomic E-state index is 12.0. The van der Waals surface area contributed by atoms with E-state index >= 15 is 0 Å². The van der Waals surface area contributed by atoms with Crippen molar-refractivity contribution in [2.75, 3.05) is 12.0 Å². The number of anilines is 1. The highest BCUT2D eigenvalue weighted by atomic mass is 16.5. The number of amides is 1. The van der Waals surface area contributed by atoms with Gasteiger partial charge in [-0.25, -0.2) is 5.84 Å². The predicted molar refractivity (Wildman–Crippen MR) is 84.4 cm³/mol. The molecule has 0 aliphatic carbocycles. The van der Waals surface area contributed by atoms with Crippen LogP contribution < -0.4 is 20.9 Å². The maximum atomic E-state index is 12.0. The molecule has 21 heavy (non-hydrogen) atoms. The third kappa shape index (κ3) is 2.70. The average molecular weight is 291 g/mol. The highest BCUT2D eigenvalue weighted by Crippen LogP contribution is 2.45. The summed E-state index contributed by atoms with van der Waals surface area (Å²) < 4.78 is 5.35. The smallest absolute Gasteiger partial charge is 0.256 e. The van der Waals surface area contributed by atoms with Crippen LogP contribution in [0.15, 0.2) is 18.2 Å². The Morgan fingerprint density at radius 2 is 2.19 bits per heavy atom. The maximum Gasteiger partial charge on any atom is 0.256 e. The summed E-state index contributed by atoms with van der Waals surface area (Å²) in [4.78, 5) is 14.2. The molecule has 0 bridgehead atoms. The number of hydrogen-bond acceptors (Lipinski definition) is 4. The van der Waals surface area contributed by atoms with Gasteiger partial charge in [0, 0.05) is 17.3 Å². The number of nitrogens with zero attached hydrogens (tertiary/aromatic N) is 1. The van der Waals surface area contributed by atoms with Gasteiger partial charge in [0.05, 0.1) is 7.11 Å². The molecule has 0 radical (unpaired) electrons. The molecule has 3 N–H and O–H groups in total. The number of nitrogens with two attached hydrogens (primary N) is 1. The molecule has 0 fully saturated rings. The van der Waals surface area contributed by atoms with Crippen LogP contribution in [0.2, 0.25) is 0 Å². The standard InChI is InChI=1S/C16H25N3O2/c1-10-9-16(3,4)19(11(2)15(20)18-17)14-8-12(21-5)6-7-13(10)14/h6-8,10-11H,9,17H2,1-5H3,(H,18,20)/t10-,11-/m0/s1. The number of fused-ring (bicyclic) bond motifs is 1. The molecule has 0 saturated heterocycles. The van der Waals surface area contributed by atoms with Gasteiger partial charge in [-0.05, 0) is 44.7 Å². The van der Waals surface area contributed by atoms with E-state index in [1.807, 2.05) is 19.1 Å². The van der Waals surface area contributed by atoms with Crippen molar-refractivity contribution in [2.24, 2.45) is 5.84 Å². The highest BCUT2D eigenvalue weighted by Gasteiger charge is 2.40. The number of nitrogens with one attached hydrogen (secondary N) is 1. The fourth-order valence-corrected chi connectivity index (χ4v) is 3.53. The third-order valence-electron chi connectivity index (χ3n) is 4.39. The summed E-state index contributed by atoms with van der Waals surface area (Å²) in [5.74, 6) is 6.36. The second kappa shape index (κ2) is 5.56. The van der Waals surface area contributed by atoms with Crippen molar-refractivity contribution in [2.45, 2.75) is 51.6 Å². The fourth-order valence-electron chi connectivity index (χ4n) is 3.53. The molecule has 116 valence electrons. The summed E-state index contributed by atoms with van der Waals surface area (Å²) in [6.45, 7) is 8.42. The Hall–Kier alpha value is -1.75. The lowest BCUT2D eigenvalue weighted by molar-refractivity contribution is -0.122. The van der Waals surface area contributed by atoms with Crippen molar-refractivity contribution >= 4 is 11.6 Å². The quantitative estimate of drug-likeness (QED) is 0.509. The highest BCUT2D eigenvalue weighted by molar-refractivity contribution is 5.85. The molecule has 1 heterocycles. The molecule has 5 heteroatoms. The lowest BCUT2D eigenvalue weighted by Crippen LogP contribution is -2.58. The minimum Gasteiger partial charge on any atom is -0.497 e. The average Bonchev–Trinajstić information content (AvgIpc) is 2.44. The molecule has 1 aliphatic rings. The Morgan fingerprint density at radius 1 is 1.52 bits per heavy atom. The van der Waals surface area contributed by atoms with Crippen LogP contribution in [0.25, 0.3) is 0 Å². The van der Waals surface area contributed by atoms with Gasteiger partial charge < -0.3 is 9.64 Å². The first-order chi connectivity index (χ1) is 9.81. The molecular weight excluding hydrogens is 266 g/mol. The summed E-state index contributed by atoms with van der Waals surface area (Å²) in [6.07, 6.45) is 0.981. The molecule has 5 nitrogen and oxygen atoms in total. The summed E-state index contributed by atoms with van der Waals surface area (Å²) in [6, 6.07) is 5.73. The van der Waals surface area contributed by atoms with Gasteiger partial charge in [0.2, 0.25) is 0 Å². The van der Waals surface area contributed by atoms with Gasteiger partial charge in [-0.3, -0.25) is 10.2 Å². The van der Waals surface area contributed by atoms with Gasteiger partial charge in [-0.15, -0.1) is 0 Å². The van der Waals surface area contributed by atoms with E-state index < -0.39 is 0 Å². The van der Waals surface area contributed by atoms with E-state index in [1.165, 1.54) is 5.56 Å². The zero-order chi connectivity index (χ0) is 15.8. The number of hydrogen-bond donors (Lipinski definition) is 2. The van der Waals surface area contributed by atoms with Gasteiger partial charge in [-0.1, -0.05) is 13.0 Å². The lowest BCUT2D eigenvalue weighted by Gasteiger charge is -2.49. The molecule has 1 aromatic carbocycles. The molecule has 1 amide bonds. The number of carbonyl (C=O) groups is 1. The van der Waals surface area contributed by atoms with Crippen LogP contribution in [0.4, 0.5) is 5.69 Å². The molecule has 1 aliphatic heterocycles. The Labute approximate surface area is 126 Å². The molecule has 0 spiro atoms. The van der Waals surface area contributed by atoms with Gasteiger partial charge >= 0.3 is 0 Å². The number of methoxy groups -OCH3 is 1. The molecule has 0 unspecified atom stereocenters.